The maximum absolute atomic E-state index is 12.7. The molecular formula is C21H22F3N5O. The van der Waals surface area contributed by atoms with E-state index in [0.717, 1.165) is 36.4 Å². The summed E-state index contributed by atoms with van der Waals surface area (Å²) in [5.41, 5.74) is 6.82. The van der Waals surface area contributed by atoms with Gasteiger partial charge in [0.05, 0.1) is 12.2 Å². The topological polar surface area (TPSA) is 85.1 Å². The van der Waals surface area contributed by atoms with Crippen LogP contribution < -0.4 is 21.1 Å². The molecule has 3 aromatic rings. The molecule has 0 saturated heterocycles. The molecule has 3 rings (SSSR count). The predicted octanol–water partition coefficient (Wildman–Crippen LogP) is 5.74. The van der Waals surface area contributed by atoms with E-state index in [1.54, 1.807) is 0 Å². The molecule has 2 aromatic carbocycles. The van der Waals surface area contributed by atoms with E-state index in [9.17, 15) is 13.2 Å². The minimum atomic E-state index is -4.39. The number of ether oxygens (including phenoxy) is 1. The van der Waals surface area contributed by atoms with Crippen LogP contribution in [-0.4, -0.2) is 16.6 Å². The van der Waals surface area contributed by atoms with E-state index in [4.69, 9.17) is 10.5 Å². The highest BCUT2D eigenvalue weighted by atomic mass is 19.4. The number of alkyl halides is 3. The summed E-state index contributed by atoms with van der Waals surface area (Å²) in [7, 11) is 0. The zero-order chi connectivity index (χ0) is 21.6. The molecule has 0 saturated carbocycles. The SMILES string of the molecule is CCCCOc1ccc(Nc2ncnc(Nc3ccc(C(F)(F)F)cc3)c2N)cc1. The number of unbranched alkanes of at least 4 members (excludes halogenated alkanes) is 1. The van der Waals surface area contributed by atoms with Gasteiger partial charge in [-0.15, -0.1) is 0 Å². The lowest BCUT2D eigenvalue weighted by molar-refractivity contribution is -0.137. The number of halogens is 3. The van der Waals surface area contributed by atoms with Crippen LogP contribution in [0, 0.1) is 0 Å². The van der Waals surface area contributed by atoms with Crippen molar-refractivity contribution in [1.82, 2.24) is 9.97 Å². The average Bonchev–Trinajstić information content (AvgIpc) is 2.72. The number of nitrogens with one attached hydrogen (secondary N) is 2. The number of nitrogen functional groups attached to an aromatic ring is 1. The van der Waals surface area contributed by atoms with E-state index in [-0.39, 0.29) is 11.5 Å². The van der Waals surface area contributed by atoms with Gasteiger partial charge in [-0.3, -0.25) is 0 Å². The summed E-state index contributed by atoms with van der Waals surface area (Å²) in [6, 6.07) is 12.0. The Labute approximate surface area is 172 Å². The summed E-state index contributed by atoms with van der Waals surface area (Å²) >= 11 is 0. The summed E-state index contributed by atoms with van der Waals surface area (Å²) in [5, 5.41) is 6.01. The molecule has 6 nitrogen and oxygen atoms in total. The largest absolute Gasteiger partial charge is 0.494 e. The third kappa shape index (κ3) is 5.53. The number of aromatic nitrogens is 2. The number of rotatable bonds is 8. The van der Waals surface area contributed by atoms with Gasteiger partial charge in [-0.05, 0) is 55.0 Å². The lowest BCUT2D eigenvalue weighted by Crippen LogP contribution is -2.06. The van der Waals surface area contributed by atoms with Crippen LogP contribution in [0.1, 0.15) is 25.3 Å². The zero-order valence-corrected chi connectivity index (χ0v) is 16.3. The molecule has 0 aliphatic heterocycles. The Morgan fingerprint density at radius 3 is 1.93 bits per heavy atom. The molecule has 0 unspecified atom stereocenters. The maximum atomic E-state index is 12.7. The molecule has 0 radical (unpaired) electrons. The molecule has 0 fully saturated rings. The van der Waals surface area contributed by atoms with Crippen molar-refractivity contribution < 1.29 is 17.9 Å². The summed E-state index contributed by atoms with van der Waals surface area (Å²) < 4.78 is 43.7. The number of hydrogen-bond donors (Lipinski definition) is 3. The number of nitrogens with two attached hydrogens (primary N) is 1. The molecule has 4 N–H and O–H groups in total. The van der Waals surface area contributed by atoms with E-state index in [0.29, 0.717) is 18.1 Å². The quantitative estimate of drug-likeness (QED) is 0.405. The molecule has 0 bridgehead atoms. The maximum Gasteiger partial charge on any atom is 0.416 e. The molecule has 9 heteroatoms. The molecule has 0 spiro atoms. The van der Waals surface area contributed by atoms with Gasteiger partial charge in [0, 0.05) is 11.4 Å². The van der Waals surface area contributed by atoms with Gasteiger partial charge in [-0.25, -0.2) is 9.97 Å². The molecule has 1 aromatic heterocycles. The normalized spacial score (nSPS) is 11.2. The van der Waals surface area contributed by atoms with Crippen molar-refractivity contribution in [2.75, 3.05) is 23.0 Å². The second kappa shape index (κ2) is 9.34. The lowest BCUT2D eigenvalue weighted by Gasteiger charge is -2.13. The minimum Gasteiger partial charge on any atom is -0.494 e. The van der Waals surface area contributed by atoms with E-state index in [1.165, 1.54) is 18.5 Å². The van der Waals surface area contributed by atoms with Gasteiger partial charge in [-0.1, -0.05) is 13.3 Å². The van der Waals surface area contributed by atoms with Gasteiger partial charge < -0.3 is 21.1 Å². The highest BCUT2D eigenvalue weighted by Gasteiger charge is 2.29. The standard InChI is InChI=1S/C21H22F3N5O/c1-2-3-12-30-17-10-8-16(9-11-17)29-20-18(25)19(26-13-27-20)28-15-6-4-14(5-7-15)21(22,23)24/h4-11,13H,2-3,12,25H2,1H3,(H2,26,27,28,29). The Bertz CT molecular complexity index is 960. The lowest BCUT2D eigenvalue weighted by atomic mass is 10.2. The smallest absolute Gasteiger partial charge is 0.416 e. The van der Waals surface area contributed by atoms with Crippen LogP contribution >= 0.6 is 0 Å². The van der Waals surface area contributed by atoms with Crippen LogP contribution in [0.3, 0.4) is 0 Å². The van der Waals surface area contributed by atoms with Crippen molar-refractivity contribution in [1.29, 1.82) is 0 Å². The molecule has 0 amide bonds. The number of nitrogens with zero attached hydrogens (tertiary/aromatic N) is 2. The van der Waals surface area contributed by atoms with Gasteiger partial charge >= 0.3 is 6.18 Å². The second-order valence-corrected chi connectivity index (χ2v) is 6.54. The summed E-state index contributed by atoms with van der Waals surface area (Å²) in [4.78, 5) is 8.21. The first-order chi connectivity index (χ1) is 14.4. The van der Waals surface area contributed by atoms with Crippen molar-refractivity contribution >= 4 is 28.7 Å². The summed E-state index contributed by atoms with van der Waals surface area (Å²) in [5.74, 6) is 1.43. The first-order valence-corrected chi connectivity index (χ1v) is 9.41. The van der Waals surface area contributed by atoms with E-state index in [2.05, 4.69) is 27.5 Å². The van der Waals surface area contributed by atoms with Crippen molar-refractivity contribution in [3.8, 4) is 5.75 Å². The summed E-state index contributed by atoms with van der Waals surface area (Å²) in [6.07, 6.45) is -1.02. The van der Waals surface area contributed by atoms with Gasteiger partial charge in [0.2, 0.25) is 0 Å². The third-order valence-corrected chi connectivity index (χ3v) is 4.24. The molecule has 1 heterocycles. The Kier molecular flexibility index (Phi) is 6.61. The Morgan fingerprint density at radius 2 is 1.43 bits per heavy atom. The van der Waals surface area contributed by atoms with E-state index in [1.807, 2.05) is 24.3 Å². The van der Waals surface area contributed by atoms with Gasteiger partial charge in [0.15, 0.2) is 11.6 Å². The predicted molar refractivity (Wildman–Crippen MR) is 111 cm³/mol. The number of benzene rings is 2. The molecule has 0 aliphatic carbocycles. The van der Waals surface area contributed by atoms with Crippen LogP contribution in [0.2, 0.25) is 0 Å². The van der Waals surface area contributed by atoms with Crippen LogP contribution in [0.5, 0.6) is 5.75 Å². The molecular weight excluding hydrogens is 395 g/mol. The Balaban J connectivity index is 1.69. The Morgan fingerprint density at radius 1 is 0.900 bits per heavy atom. The molecule has 158 valence electrons. The van der Waals surface area contributed by atoms with Gasteiger partial charge in [0.25, 0.3) is 0 Å². The van der Waals surface area contributed by atoms with E-state index < -0.39 is 11.7 Å². The second-order valence-electron chi connectivity index (χ2n) is 6.54. The van der Waals surface area contributed by atoms with Crippen molar-refractivity contribution in [3.05, 3.63) is 60.4 Å². The first kappa shape index (κ1) is 21.2. The number of hydrogen-bond acceptors (Lipinski definition) is 6. The Hall–Kier alpha value is -3.49. The van der Waals surface area contributed by atoms with Crippen molar-refractivity contribution in [3.63, 3.8) is 0 Å². The van der Waals surface area contributed by atoms with Gasteiger partial charge in [-0.2, -0.15) is 13.2 Å². The first-order valence-electron chi connectivity index (χ1n) is 9.41. The monoisotopic (exact) mass is 417 g/mol. The van der Waals surface area contributed by atoms with Crippen LogP contribution in [-0.2, 0) is 6.18 Å². The molecule has 0 atom stereocenters. The van der Waals surface area contributed by atoms with Crippen molar-refractivity contribution in [2.45, 2.75) is 25.9 Å². The number of anilines is 5. The zero-order valence-electron chi connectivity index (χ0n) is 16.3. The molecule has 0 aliphatic rings. The molecule has 30 heavy (non-hydrogen) atoms. The average molecular weight is 417 g/mol. The van der Waals surface area contributed by atoms with Crippen LogP contribution in [0.4, 0.5) is 41.9 Å². The van der Waals surface area contributed by atoms with E-state index >= 15 is 0 Å². The van der Waals surface area contributed by atoms with Crippen molar-refractivity contribution in [2.24, 2.45) is 0 Å². The van der Waals surface area contributed by atoms with Crippen LogP contribution in [0.25, 0.3) is 0 Å². The highest BCUT2D eigenvalue weighted by molar-refractivity contribution is 5.80. The van der Waals surface area contributed by atoms with Gasteiger partial charge in [0.1, 0.15) is 17.8 Å². The fraction of sp³-hybridized carbons (Fsp3) is 0.238. The van der Waals surface area contributed by atoms with Crippen LogP contribution in [0.15, 0.2) is 54.9 Å². The highest BCUT2D eigenvalue weighted by Crippen LogP contribution is 2.32. The minimum absolute atomic E-state index is 0.237. The fourth-order valence-corrected chi connectivity index (χ4v) is 2.58. The fourth-order valence-electron chi connectivity index (χ4n) is 2.58. The third-order valence-electron chi connectivity index (χ3n) is 4.24. The summed E-state index contributed by atoms with van der Waals surface area (Å²) in [6.45, 7) is 2.77.